The van der Waals surface area contributed by atoms with Gasteiger partial charge in [-0.05, 0) is 52.0 Å². The summed E-state index contributed by atoms with van der Waals surface area (Å²) < 4.78 is 5.53. The molecule has 0 unspecified atom stereocenters. The summed E-state index contributed by atoms with van der Waals surface area (Å²) in [5, 5.41) is 0. The van der Waals surface area contributed by atoms with Gasteiger partial charge in [0.05, 0.1) is 0 Å². The van der Waals surface area contributed by atoms with E-state index in [4.69, 9.17) is 4.74 Å². The Morgan fingerprint density at radius 2 is 1.57 bits per heavy atom. The Balaban J connectivity index is 2.93. The second-order valence-electron chi connectivity index (χ2n) is 4.42. The third kappa shape index (κ3) is 2.17. The summed E-state index contributed by atoms with van der Waals surface area (Å²) in [7, 11) is 0. The van der Waals surface area contributed by atoms with Crippen molar-refractivity contribution in [2.45, 2.75) is 59.0 Å². The molecule has 0 aromatic heterocycles. The van der Waals surface area contributed by atoms with Gasteiger partial charge >= 0.3 is 5.97 Å². The molecule has 2 nitrogen and oxygen atoms in total. The molecule has 0 atom stereocenters. The summed E-state index contributed by atoms with van der Waals surface area (Å²) in [6, 6.07) is 0. The molecule has 1 aliphatic rings. The molecule has 80 valence electrons. The zero-order valence-corrected chi connectivity index (χ0v) is 9.64. The molecule has 1 saturated carbocycles. The van der Waals surface area contributed by atoms with Crippen LogP contribution < -0.4 is 0 Å². The highest BCUT2D eigenvalue weighted by Gasteiger charge is 2.38. The van der Waals surface area contributed by atoms with Gasteiger partial charge in [-0.15, -0.1) is 0 Å². The lowest BCUT2D eigenvalue weighted by Crippen LogP contribution is -2.33. The highest BCUT2D eigenvalue weighted by molar-refractivity contribution is 5.67. The molecule has 0 aromatic carbocycles. The summed E-state index contributed by atoms with van der Waals surface area (Å²) in [5.74, 6) is -0.160. The monoisotopic (exact) mass is 196 g/mol. The maximum absolute atomic E-state index is 11.1. The van der Waals surface area contributed by atoms with Crippen LogP contribution in [-0.4, -0.2) is 11.6 Å². The zero-order chi connectivity index (χ0) is 10.8. The van der Waals surface area contributed by atoms with Crippen LogP contribution in [0.1, 0.15) is 53.4 Å². The van der Waals surface area contributed by atoms with E-state index in [-0.39, 0.29) is 11.6 Å². The van der Waals surface area contributed by atoms with E-state index in [0.717, 1.165) is 25.7 Å². The molecule has 0 amide bonds. The predicted molar refractivity (Wildman–Crippen MR) is 57.0 cm³/mol. The number of carbonyl (C=O) groups is 1. The van der Waals surface area contributed by atoms with E-state index >= 15 is 0 Å². The minimum atomic E-state index is -0.273. The average molecular weight is 196 g/mol. The SMILES string of the molecule is CC(=O)OC1(C(C)=C(C)C)CCCC1. The van der Waals surface area contributed by atoms with Gasteiger partial charge in [0.1, 0.15) is 5.60 Å². The first kappa shape index (κ1) is 11.3. The molecule has 0 bridgehead atoms. The highest BCUT2D eigenvalue weighted by atomic mass is 16.6. The van der Waals surface area contributed by atoms with Crippen LogP contribution in [0.4, 0.5) is 0 Å². The van der Waals surface area contributed by atoms with Crippen molar-refractivity contribution in [3.63, 3.8) is 0 Å². The van der Waals surface area contributed by atoms with Gasteiger partial charge < -0.3 is 4.74 Å². The first-order valence-electron chi connectivity index (χ1n) is 5.32. The molecular weight excluding hydrogens is 176 g/mol. The Kier molecular flexibility index (Phi) is 3.35. The van der Waals surface area contributed by atoms with Gasteiger partial charge in [0.15, 0.2) is 0 Å². The van der Waals surface area contributed by atoms with Crippen LogP contribution in [0.15, 0.2) is 11.1 Å². The molecule has 0 aromatic rings. The van der Waals surface area contributed by atoms with E-state index in [0.29, 0.717) is 0 Å². The number of allylic oxidation sites excluding steroid dienone is 1. The third-order valence-electron chi connectivity index (χ3n) is 3.18. The van der Waals surface area contributed by atoms with Gasteiger partial charge in [0.2, 0.25) is 0 Å². The van der Waals surface area contributed by atoms with E-state index in [2.05, 4.69) is 20.8 Å². The molecule has 14 heavy (non-hydrogen) atoms. The smallest absolute Gasteiger partial charge is 0.303 e. The fraction of sp³-hybridized carbons (Fsp3) is 0.750. The molecule has 0 spiro atoms. The second-order valence-corrected chi connectivity index (χ2v) is 4.42. The van der Waals surface area contributed by atoms with Gasteiger partial charge in [-0.25, -0.2) is 0 Å². The summed E-state index contributed by atoms with van der Waals surface area (Å²) in [5.41, 5.74) is 2.24. The van der Waals surface area contributed by atoms with E-state index in [1.807, 2.05) is 0 Å². The quantitative estimate of drug-likeness (QED) is 0.500. The topological polar surface area (TPSA) is 26.3 Å². The fourth-order valence-electron chi connectivity index (χ4n) is 2.23. The minimum absolute atomic E-state index is 0.160. The maximum atomic E-state index is 11.1. The normalized spacial score (nSPS) is 19.1. The van der Waals surface area contributed by atoms with Crippen LogP contribution in [-0.2, 0) is 9.53 Å². The van der Waals surface area contributed by atoms with Gasteiger partial charge in [0.25, 0.3) is 0 Å². The summed E-state index contributed by atoms with van der Waals surface area (Å²) in [4.78, 5) is 11.1. The Labute approximate surface area is 86.3 Å². The summed E-state index contributed by atoms with van der Waals surface area (Å²) in [6.07, 6.45) is 4.31. The van der Waals surface area contributed by atoms with Crippen LogP contribution in [0.3, 0.4) is 0 Å². The van der Waals surface area contributed by atoms with Crippen LogP contribution >= 0.6 is 0 Å². The van der Waals surface area contributed by atoms with Crippen molar-refractivity contribution in [3.8, 4) is 0 Å². The van der Waals surface area contributed by atoms with E-state index in [1.54, 1.807) is 0 Å². The van der Waals surface area contributed by atoms with Crippen LogP contribution in [0.25, 0.3) is 0 Å². The molecule has 0 radical (unpaired) electrons. The summed E-state index contributed by atoms with van der Waals surface area (Å²) in [6.45, 7) is 7.75. The van der Waals surface area contributed by atoms with Crippen molar-refractivity contribution in [1.29, 1.82) is 0 Å². The number of ether oxygens (including phenoxy) is 1. The van der Waals surface area contributed by atoms with Gasteiger partial charge in [-0.2, -0.15) is 0 Å². The second kappa shape index (κ2) is 4.16. The number of carbonyl (C=O) groups excluding carboxylic acids is 1. The van der Waals surface area contributed by atoms with Crippen molar-refractivity contribution in [2.24, 2.45) is 0 Å². The Bertz CT molecular complexity index is 253. The molecule has 1 rings (SSSR count). The fourth-order valence-corrected chi connectivity index (χ4v) is 2.23. The molecule has 0 heterocycles. The molecule has 2 heteroatoms. The van der Waals surface area contributed by atoms with Crippen LogP contribution in [0.5, 0.6) is 0 Å². The lowest BCUT2D eigenvalue weighted by Gasteiger charge is -2.30. The number of rotatable bonds is 2. The number of hydrogen-bond acceptors (Lipinski definition) is 2. The van der Waals surface area contributed by atoms with Gasteiger partial charge in [-0.1, -0.05) is 5.57 Å². The third-order valence-corrected chi connectivity index (χ3v) is 3.18. The molecule has 1 fully saturated rings. The summed E-state index contributed by atoms with van der Waals surface area (Å²) >= 11 is 0. The van der Waals surface area contributed by atoms with Crippen molar-refractivity contribution in [3.05, 3.63) is 11.1 Å². The van der Waals surface area contributed by atoms with Crippen molar-refractivity contribution < 1.29 is 9.53 Å². The van der Waals surface area contributed by atoms with E-state index in [9.17, 15) is 4.79 Å². The van der Waals surface area contributed by atoms with Gasteiger partial charge in [-0.3, -0.25) is 4.79 Å². The predicted octanol–water partition coefficient (Wildman–Crippen LogP) is 3.22. The highest BCUT2D eigenvalue weighted by Crippen LogP contribution is 2.40. The zero-order valence-electron chi connectivity index (χ0n) is 9.64. The standard InChI is InChI=1S/C12H20O2/c1-9(2)10(3)12(14-11(4)13)7-5-6-8-12/h5-8H2,1-4H3. The molecule has 0 saturated heterocycles. The van der Waals surface area contributed by atoms with Crippen LogP contribution in [0, 0.1) is 0 Å². The minimum Gasteiger partial charge on any atom is -0.455 e. The molecule has 0 N–H and O–H groups in total. The van der Waals surface area contributed by atoms with Crippen molar-refractivity contribution >= 4 is 5.97 Å². The average Bonchev–Trinajstić information content (AvgIpc) is 2.51. The Morgan fingerprint density at radius 1 is 1.07 bits per heavy atom. The first-order chi connectivity index (χ1) is 6.48. The molecule has 0 aliphatic heterocycles. The molecule has 1 aliphatic carbocycles. The maximum Gasteiger partial charge on any atom is 0.303 e. The Hall–Kier alpha value is -0.790. The number of esters is 1. The van der Waals surface area contributed by atoms with Gasteiger partial charge in [0, 0.05) is 6.92 Å². The van der Waals surface area contributed by atoms with Crippen LogP contribution in [0.2, 0.25) is 0 Å². The largest absolute Gasteiger partial charge is 0.455 e. The molecular formula is C12H20O2. The van der Waals surface area contributed by atoms with E-state index in [1.165, 1.54) is 18.1 Å². The lowest BCUT2D eigenvalue weighted by molar-refractivity contribution is -0.152. The number of hydrogen-bond donors (Lipinski definition) is 0. The van der Waals surface area contributed by atoms with Crippen molar-refractivity contribution in [2.75, 3.05) is 0 Å². The van der Waals surface area contributed by atoms with E-state index < -0.39 is 0 Å². The Morgan fingerprint density at radius 3 is 1.93 bits per heavy atom. The first-order valence-corrected chi connectivity index (χ1v) is 5.32. The lowest BCUT2D eigenvalue weighted by atomic mass is 9.90. The van der Waals surface area contributed by atoms with Crippen molar-refractivity contribution in [1.82, 2.24) is 0 Å².